The van der Waals surface area contributed by atoms with Gasteiger partial charge in [0.05, 0.1) is 11.4 Å². The molecule has 2 rings (SSSR count). The van der Waals surface area contributed by atoms with Gasteiger partial charge in [-0.15, -0.1) is 0 Å². The van der Waals surface area contributed by atoms with Crippen LogP contribution < -0.4 is 0 Å². The smallest absolute Gasteiger partial charge is 0.217 e. The first-order valence-electron chi connectivity index (χ1n) is 6.90. The summed E-state index contributed by atoms with van der Waals surface area (Å²) in [5.74, 6) is 0.817. The zero-order valence-electron chi connectivity index (χ0n) is 12.1. The Hall–Kier alpha value is -1.77. The molecule has 0 unspecified atom stereocenters. The van der Waals surface area contributed by atoms with Crippen molar-refractivity contribution in [3.05, 3.63) is 41.1 Å². The SMILES string of the molecule is CCc1c(CC(C)C)nn(-c2ccccc2C)c1O. The van der Waals surface area contributed by atoms with Crippen LogP contribution in [0.5, 0.6) is 5.88 Å². The van der Waals surface area contributed by atoms with Crippen molar-refractivity contribution >= 4 is 0 Å². The van der Waals surface area contributed by atoms with Gasteiger partial charge in [0.15, 0.2) is 0 Å². The Morgan fingerprint density at radius 2 is 1.95 bits per heavy atom. The molecule has 1 aromatic carbocycles. The standard InChI is InChI=1S/C16H22N2O/c1-5-13-14(10-11(2)3)17-18(16(13)19)15-9-7-6-8-12(15)4/h6-9,11,19H,5,10H2,1-4H3. The van der Waals surface area contributed by atoms with Gasteiger partial charge in [-0.25, -0.2) is 4.68 Å². The first-order valence-corrected chi connectivity index (χ1v) is 6.90. The lowest BCUT2D eigenvalue weighted by molar-refractivity contribution is 0.428. The highest BCUT2D eigenvalue weighted by atomic mass is 16.3. The molecule has 102 valence electrons. The molecule has 0 bridgehead atoms. The van der Waals surface area contributed by atoms with E-state index in [0.717, 1.165) is 35.3 Å². The molecule has 1 N–H and O–H groups in total. The molecule has 19 heavy (non-hydrogen) atoms. The van der Waals surface area contributed by atoms with Gasteiger partial charge in [-0.05, 0) is 37.3 Å². The van der Waals surface area contributed by atoms with E-state index in [4.69, 9.17) is 0 Å². The Morgan fingerprint density at radius 1 is 1.26 bits per heavy atom. The van der Waals surface area contributed by atoms with Gasteiger partial charge in [-0.2, -0.15) is 5.10 Å². The molecule has 0 atom stereocenters. The molecule has 0 amide bonds. The Labute approximate surface area is 114 Å². The molecule has 0 saturated heterocycles. The van der Waals surface area contributed by atoms with Gasteiger partial charge in [0.2, 0.25) is 5.88 Å². The summed E-state index contributed by atoms with van der Waals surface area (Å²) in [5.41, 5.74) is 4.04. The number of benzene rings is 1. The molecule has 0 radical (unpaired) electrons. The van der Waals surface area contributed by atoms with Crippen LogP contribution in [0, 0.1) is 12.8 Å². The second kappa shape index (κ2) is 5.47. The monoisotopic (exact) mass is 258 g/mol. The van der Waals surface area contributed by atoms with E-state index in [0.29, 0.717) is 5.92 Å². The summed E-state index contributed by atoms with van der Waals surface area (Å²) in [7, 11) is 0. The molecule has 1 aromatic heterocycles. The second-order valence-corrected chi connectivity index (χ2v) is 5.40. The van der Waals surface area contributed by atoms with Crippen molar-refractivity contribution in [1.82, 2.24) is 9.78 Å². The highest BCUT2D eigenvalue weighted by Crippen LogP contribution is 2.28. The van der Waals surface area contributed by atoms with Crippen LogP contribution in [0.1, 0.15) is 37.6 Å². The van der Waals surface area contributed by atoms with Gasteiger partial charge in [-0.1, -0.05) is 39.0 Å². The second-order valence-electron chi connectivity index (χ2n) is 5.40. The Kier molecular flexibility index (Phi) is 3.93. The zero-order chi connectivity index (χ0) is 14.0. The van der Waals surface area contributed by atoms with E-state index in [-0.39, 0.29) is 5.88 Å². The topological polar surface area (TPSA) is 38.0 Å². The largest absolute Gasteiger partial charge is 0.493 e. The fourth-order valence-corrected chi connectivity index (χ4v) is 2.37. The average molecular weight is 258 g/mol. The molecule has 0 aliphatic carbocycles. The molecule has 1 heterocycles. The number of aryl methyl sites for hydroxylation is 1. The maximum Gasteiger partial charge on any atom is 0.217 e. The van der Waals surface area contributed by atoms with Crippen LogP contribution in [0.25, 0.3) is 5.69 Å². The third-order valence-corrected chi connectivity index (χ3v) is 3.34. The van der Waals surface area contributed by atoms with E-state index in [1.807, 2.05) is 31.2 Å². The number of hydrogen-bond donors (Lipinski definition) is 1. The van der Waals surface area contributed by atoms with Crippen LogP contribution in [-0.4, -0.2) is 14.9 Å². The van der Waals surface area contributed by atoms with Gasteiger partial charge in [-0.3, -0.25) is 0 Å². The summed E-state index contributed by atoms with van der Waals surface area (Å²) in [6, 6.07) is 7.98. The van der Waals surface area contributed by atoms with Crippen molar-refractivity contribution in [1.29, 1.82) is 0 Å². The van der Waals surface area contributed by atoms with Gasteiger partial charge >= 0.3 is 0 Å². The van der Waals surface area contributed by atoms with Gasteiger partial charge in [0.25, 0.3) is 0 Å². The number of aromatic hydroxyl groups is 1. The quantitative estimate of drug-likeness (QED) is 0.909. The third-order valence-electron chi connectivity index (χ3n) is 3.34. The van der Waals surface area contributed by atoms with Crippen molar-refractivity contribution in [2.75, 3.05) is 0 Å². The van der Waals surface area contributed by atoms with Crippen LogP contribution in [0.4, 0.5) is 0 Å². The molecule has 2 aromatic rings. The van der Waals surface area contributed by atoms with Crippen molar-refractivity contribution < 1.29 is 5.11 Å². The number of para-hydroxylation sites is 1. The molecule has 3 heteroatoms. The van der Waals surface area contributed by atoms with Crippen molar-refractivity contribution in [3.63, 3.8) is 0 Å². The van der Waals surface area contributed by atoms with E-state index >= 15 is 0 Å². The predicted molar refractivity (Wildman–Crippen MR) is 77.9 cm³/mol. The lowest BCUT2D eigenvalue weighted by atomic mass is 10.0. The third kappa shape index (κ3) is 2.65. The van der Waals surface area contributed by atoms with Gasteiger partial charge in [0.1, 0.15) is 0 Å². The highest BCUT2D eigenvalue weighted by Gasteiger charge is 2.18. The lowest BCUT2D eigenvalue weighted by Gasteiger charge is -2.06. The molecular formula is C16H22N2O. The first kappa shape index (κ1) is 13.7. The minimum Gasteiger partial charge on any atom is -0.493 e. The zero-order valence-corrected chi connectivity index (χ0v) is 12.1. The van der Waals surface area contributed by atoms with Crippen molar-refractivity contribution in [3.8, 4) is 11.6 Å². The van der Waals surface area contributed by atoms with Gasteiger partial charge < -0.3 is 5.11 Å². The van der Waals surface area contributed by atoms with Crippen LogP contribution in [0.2, 0.25) is 0 Å². The van der Waals surface area contributed by atoms with Crippen LogP contribution in [-0.2, 0) is 12.8 Å². The molecule has 0 aliphatic heterocycles. The minimum atomic E-state index is 0.285. The molecule has 0 spiro atoms. The van der Waals surface area contributed by atoms with E-state index in [9.17, 15) is 5.11 Å². The van der Waals surface area contributed by atoms with E-state index in [1.165, 1.54) is 0 Å². The minimum absolute atomic E-state index is 0.285. The maximum absolute atomic E-state index is 10.4. The lowest BCUT2D eigenvalue weighted by Crippen LogP contribution is -2.01. The van der Waals surface area contributed by atoms with Crippen LogP contribution in [0.15, 0.2) is 24.3 Å². The summed E-state index contributed by atoms with van der Waals surface area (Å²) in [6.07, 6.45) is 1.70. The number of hydrogen-bond acceptors (Lipinski definition) is 2. The molecule has 0 aliphatic rings. The predicted octanol–water partition coefficient (Wildman–Crippen LogP) is 3.65. The number of nitrogens with zero attached hydrogens (tertiary/aromatic N) is 2. The summed E-state index contributed by atoms with van der Waals surface area (Å²) in [6.45, 7) is 8.43. The number of aromatic nitrogens is 2. The normalized spacial score (nSPS) is 11.2. The average Bonchev–Trinajstić information content (AvgIpc) is 2.65. The molecule has 0 fully saturated rings. The van der Waals surface area contributed by atoms with Gasteiger partial charge in [0, 0.05) is 5.56 Å². The fourth-order valence-electron chi connectivity index (χ4n) is 2.37. The fraction of sp³-hybridized carbons (Fsp3) is 0.438. The Bertz CT molecular complexity index is 570. The van der Waals surface area contributed by atoms with Crippen LogP contribution >= 0.6 is 0 Å². The highest BCUT2D eigenvalue weighted by molar-refractivity contribution is 5.45. The van der Waals surface area contributed by atoms with Crippen molar-refractivity contribution in [2.45, 2.75) is 40.5 Å². The van der Waals surface area contributed by atoms with E-state index < -0.39 is 0 Å². The maximum atomic E-state index is 10.4. The first-order chi connectivity index (χ1) is 9.04. The molecule has 0 saturated carbocycles. The van der Waals surface area contributed by atoms with E-state index in [2.05, 4.69) is 25.9 Å². The Morgan fingerprint density at radius 3 is 2.53 bits per heavy atom. The summed E-state index contributed by atoms with van der Waals surface area (Å²) >= 11 is 0. The summed E-state index contributed by atoms with van der Waals surface area (Å²) < 4.78 is 1.67. The Balaban J connectivity index is 2.53. The molecule has 3 nitrogen and oxygen atoms in total. The molecular weight excluding hydrogens is 236 g/mol. The van der Waals surface area contributed by atoms with Crippen molar-refractivity contribution in [2.24, 2.45) is 5.92 Å². The number of rotatable bonds is 4. The summed E-state index contributed by atoms with van der Waals surface area (Å²) in [5, 5.41) is 15.0. The summed E-state index contributed by atoms with van der Waals surface area (Å²) in [4.78, 5) is 0. The van der Waals surface area contributed by atoms with E-state index in [1.54, 1.807) is 4.68 Å². The van der Waals surface area contributed by atoms with Crippen LogP contribution in [0.3, 0.4) is 0 Å².